The Balaban J connectivity index is 1.74. The SMILES string of the molecule is CN(C)Cc1nnc2n1C(Cc1ccc(Cl)c(Cl)c1)C(=O)N(Cc1cc(C(F)(F)F)cc(C(F)(F)F)c1)CC2. The molecule has 0 N–H and O–H groups in total. The number of carbonyl (C=O) groups excluding carboxylic acids is 1. The van der Waals surface area contributed by atoms with Gasteiger partial charge in [-0.2, -0.15) is 26.3 Å². The molecule has 4 rings (SSSR count). The van der Waals surface area contributed by atoms with Gasteiger partial charge in [-0.3, -0.25) is 4.79 Å². The smallest absolute Gasteiger partial charge is 0.336 e. The fraction of sp³-hybridized carbons (Fsp3) is 0.400. The lowest BCUT2D eigenvalue weighted by atomic mass is 10.0. The van der Waals surface area contributed by atoms with Crippen molar-refractivity contribution in [3.8, 4) is 0 Å². The summed E-state index contributed by atoms with van der Waals surface area (Å²) in [6.07, 6.45) is -9.67. The molecule has 1 amide bonds. The van der Waals surface area contributed by atoms with Crippen molar-refractivity contribution in [2.75, 3.05) is 20.6 Å². The molecule has 0 bridgehead atoms. The van der Waals surface area contributed by atoms with Crippen molar-refractivity contribution >= 4 is 29.1 Å². The first-order valence-corrected chi connectivity index (χ1v) is 12.5. The van der Waals surface area contributed by atoms with Crippen molar-refractivity contribution in [3.05, 3.63) is 80.3 Å². The topological polar surface area (TPSA) is 54.3 Å². The van der Waals surface area contributed by atoms with E-state index in [1.165, 1.54) is 4.90 Å². The second kappa shape index (κ2) is 11.0. The van der Waals surface area contributed by atoms with Crippen LogP contribution < -0.4 is 0 Å². The van der Waals surface area contributed by atoms with Crippen molar-refractivity contribution in [2.24, 2.45) is 0 Å². The van der Waals surface area contributed by atoms with Gasteiger partial charge in [-0.25, -0.2) is 0 Å². The van der Waals surface area contributed by atoms with Gasteiger partial charge in [0, 0.05) is 25.9 Å². The quantitative estimate of drug-likeness (QED) is 0.326. The van der Waals surface area contributed by atoms with E-state index in [0.717, 1.165) is 0 Å². The number of nitrogens with zero attached hydrogens (tertiary/aromatic N) is 5. The van der Waals surface area contributed by atoms with Crippen molar-refractivity contribution < 1.29 is 31.1 Å². The first-order valence-electron chi connectivity index (χ1n) is 11.7. The summed E-state index contributed by atoms with van der Waals surface area (Å²) < 4.78 is 82.2. The third-order valence-corrected chi connectivity index (χ3v) is 6.98. The van der Waals surface area contributed by atoms with Crippen LogP contribution in [0, 0.1) is 0 Å². The van der Waals surface area contributed by atoms with E-state index < -0.39 is 42.0 Å². The standard InChI is InChI=1S/C25H23Cl2F6N5O/c1-36(2)13-22-35-34-21-5-6-37(12-15-7-16(24(28,29)30)11-17(8-15)25(31,32)33)23(39)20(38(21)22)10-14-3-4-18(26)19(27)9-14/h3-4,7-9,11,20H,5-6,10,12-13H2,1-2H3. The first kappa shape index (κ1) is 29.2. The van der Waals surface area contributed by atoms with Crippen LogP contribution in [0.3, 0.4) is 0 Å². The Hall–Kier alpha value is -2.83. The average molecular weight is 594 g/mol. The molecule has 0 saturated heterocycles. The number of aromatic nitrogens is 3. The molecule has 1 atom stereocenters. The lowest BCUT2D eigenvalue weighted by molar-refractivity contribution is -0.143. The predicted molar refractivity (Wildman–Crippen MR) is 132 cm³/mol. The number of carbonyl (C=O) groups is 1. The van der Waals surface area contributed by atoms with Crippen LogP contribution in [0.25, 0.3) is 0 Å². The Bertz CT molecular complexity index is 1340. The van der Waals surface area contributed by atoms with E-state index in [1.807, 2.05) is 19.0 Å². The molecule has 3 aromatic rings. The van der Waals surface area contributed by atoms with Gasteiger partial charge < -0.3 is 14.4 Å². The number of benzene rings is 2. The number of halogens is 8. The van der Waals surface area contributed by atoms with Crippen LogP contribution in [0.2, 0.25) is 10.0 Å². The summed E-state index contributed by atoms with van der Waals surface area (Å²) in [4.78, 5) is 17.0. The van der Waals surface area contributed by atoms with E-state index in [2.05, 4.69) is 10.2 Å². The van der Waals surface area contributed by atoms with Gasteiger partial charge in [-0.05, 0) is 55.6 Å². The van der Waals surface area contributed by atoms with Crippen LogP contribution in [-0.2, 0) is 43.1 Å². The molecule has 39 heavy (non-hydrogen) atoms. The number of amides is 1. The van der Waals surface area contributed by atoms with Crippen LogP contribution in [0.5, 0.6) is 0 Å². The summed E-state index contributed by atoms with van der Waals surface area (Å²) in [5.74, 6) is 0.479. The molecule has 1 aliphatic rings. The molecule has 0 radical (unpaired) electrons. The highest BCUT2D eigenvalue weighted by molar-refractivity contribution is 6.42. The van der Waals surface area contributed by atoms with E-state index in [0.29, 0.717) is 40.9 Å². The van der Waals surface area contributed by atoms with Crippen molar-refractivity contribution in [1.82, 2.24) is 24.6 Å². The van der Waals surface area contributed by atoms with Crippen LogP contribution in [0.4, 0.5) is 26.3 Å². The van der Waals surface area contributed by atoms with Gasteiger partial charge in [0.05, 0.1) is 27.7 Å². The van der Waals surface area contributed by atoms with E-state index in [1.54, 1.807) is 22.8 Å². The highest BCUT2D eigenvalue weighted by Gasteiger charge is 2.38. The molecule has 0 aliphatic carbocycles. The monoisotopic (exact) mass is 593 g/mol. The third kappa shape index (κ3) is 6.67. The first-order chi connectivity index (χ1) is 18.1. The predicted octanol–water partition coefficient (Wildman–Crippen LogP) is 6.05. The highest BCUT2D eigenvalue weighted by Crippen LogP contribution is 2.37. The molecule has 14 heteroatoms. The zero-order valence-corrected chi connectivity index (χ0v) is 22.3. The molecular formula is C25H23Cl2F6N5O. The number of hydrogen-bond acceptors (Lipinski definition) is 4. The fourth-order valence-electron chi connectivity index (χ4n) is 4.50. The molecule has 1 unspecified atom stereocenters. The number of alkyl halides is 6. The van der Waals surface area contributed by atoms with Gasteiger partial charge in [0.15, 0.2) is 0 Å². The zero-order valence-electron chi connectivity index (χ0n) is 20.7. The second-order valence-electron chi connectivity index (χ2n) is 9.53. The lowest BCUT2D eigenvalue weighted by Gasteiger charge is -2.27. The van der Waals surface area contributed by atoms with Gasteiger partial charge in [-0.15, -0.1) is 10.2 Å². The van der Waals surface area contributed by atoms with Crippen LogP contribution >= 0.6 is 23.2 Å². The van der Waals surface area contributed by atoms with Crippen LogP contribution in [0.15, 0.2) is 36.4 Å². The van der Waals surface area contributed by atoms with Gasteiger partial charge in [0.25, 0.3) is 0 Å². The maximum absolute atomic E-state index is 13.9. The molecule has 2 aromatic carbocycles. The van der Waals surface area contributed by atoms with E-state index in [4.69, 9.17) is 23.2 Å². The molecule has 6 nitrogen and oxygen atoms in total. The Morgan fingerprint density at radius 2 is 1.56 bits per heavy atom. The summed E-state index contributed by atoms with van der Waals surface area (Å²) in [6, 6.07) is 5.29. The summed E-state index contributed by atoms with van der Waals surface area (Å²) in [5, 5.41) is 9.04. The van der Waals surface area contributed by atoms with Gasteiger partial charge in [0.1, 0.15) is 17.7 Å². The fourth-order valence-corrected chi connectivity index (χ4v) is 4.83. The normalized spacial score (nSPS) is 16.5. The minimum absolute atomic E-state index is 0.0222. The summed E-state index contributed by atoms with van der Waals surface area (Å²) >= 11 is 12.2. The number of rotatable bonds is 6. The Morgan fingerprint density at radius 1 is 0.923 bits per heavy atom. The maximum Gasteiger partial charge on any atom is 0.416 e. The summed E-state index contributed by atoms with van der Waals surface area (Å²) in [5.41, 5.74) is -2.51. The molecule has 1 aliphatic heterocycles. The van der Waals surface area contributed by atoms with Gasteiger partial charge >= 0.3 is 12.4 Å². The minimum Gasteiger partial charge on any atom is -0.336 e. The molecule has 1 aromatic heterocycles. The van der Waals surface area contributed by atoms with E-state index in [-0.39, 0.29) is 36.0 Å². The van der Waals surface area contributed by atoms with E-state index >= 15 is 0 Å². The Kier molecular flexibility index (Phi) is 8.21. The molecule has 2 heterocycles. The average Bonchev–Trinajstić information content (AvgIpc) is 3.16. The molecule has 0 fully saturated rings. The second-order valence-corrected chi connectivity index (χ2v) is 10.3. The van der Waals surface area contributed by atoms with Crippen molar-refractivity contribution in [3.63, 3.8) is 0 Å². The van der Waals surface area contributed by atoms with Crippen molar-refractivity contribution in [1.29, 1.82) is 0 Å². The van der Waals surface area contributed by atoms with Gasteiger partial charge in [0.2, 0.25) is 5.91 Å². The summed E-state index contributed by atoms with van der Waals surface area (Å²) in [6.45, 7) is -0.0832. The molecule has 210 valence electrons. The Labute approximate surface area is 230 Å². The number of hydrogen-bond donors (Lipinski definition) is 0. The highest BCUT2D eigenvalue weighted by atomic mass is 35.5. The molecule has 0 spiro atoms. The van der Waals surface area contributed by atoms with Crippen molar-refractivity contribution in [2.45, 2.75) is 44.3 Å². The summed E-state index contributed by atoms with van der Waals surface area (Å²) in [7, 11) is 3.62. The Morgan fingerprint density at radius 3 is 2.13 bits per heavy atom. The lowest BCUT2D eigenvalue weighted by Crippen LogP contribution is -2.37. The third-order valence-electron chi connectivity index (χ3n) is 6.24. The zero-order chi connectivity index (χ0) is 28.7. The van der Waals surface area contributed by atoms with Gasteiger partial charge in [-0.1, -0.05) is 29.3 Å². The molecular weight excluding hydrogens is 571 g/mol. The largest absolute Gasteiger partial charge is 0.416 e. The van der Waals surface area contributed by atoms with Crippen LogP contribution in [-0.4, -0.2) is 51.1 Å². The van der Waals surface area contributed by atoms with E-state index in [9.17, 15) is 31.1 Å². The molecule has 0 saturated carbocycles. The maximum atomic E-state index is 13.9. The van der Waals surface area contributed by atoms with Crippen LogP contribution in [0.1, 0.15) is 39.9 Å². The minimum atomic E-state index is -5.00. The number of fused-ring (bicyclic) bond motifs is 1.